The number of rotatable bonds is 5. The van der Waals surface area contributed by atoms with E-state index in [2.05, 4.69) is 10.0 Å². The van der Waals surface area contributed by atoms with Crippen LogP contribution in [0.3, 0.4) is 0 Å². The molecule has 0 radical (unpaired) electrons. The molecule has 2 N–H and O–H groups in total. The van der Waals surface area contributed by atoms with Gasteiger partial charge in [-0.3, -0.25) is 9.52 Å². The molecule has 1 aliphatic carbocycles. The van der Waals surface area contributed by atoms with Crippen LogP contribution in [0, 0.1) is 0 Å². The highest BCUT2D eigenvalue weighted by atomic mass is 35.5. The average molecular weight is 351 g/mol. The van der Waals surface area contributed by atoms with E-state index in [1.165, 1.54) is 24.3 Å². The van der Waals surface area contributed by atoms with E-state index in [-0.39, 0.29) is 22.5 Å². The zero-order valence-electron chi connectivity index (χ0n) is 12.1. The SMILES string of the molecule is O=C(NC1CC1)c1ccccc1NS(=O)(=O)c1ccc(Cl)cc1. The van der Waals surface area contributed by atoms with E-state index < -0.39 is 10.0 Å². The van der Waals surface area contributed by atoms with Gasteiger partial charge in [0.2, 0.25) is 0 Å². The number of carbonyl (C=O) groups is 1. The zero-order valence-corrected chi connectivity index (χ0v) is 13.7. The Morgan fingerprint density at radius 1 is 1.04 bits per heavy atom. The van der Waals surface area contributed by atoms with Crippen molar-refractivity contribution in [2.24, 2.45) is 0 Å². The number of sulfonamides is 1. The first kappa shape index (κ1) is 15.8. The summed E-state index contributed by atoms with van der Waals surface area (Å²) in [5.41, 5.74) is 0.553. The van der Waals surface area contributed by atoms with E-state index in [1.807, 2.05) is 0 Å². The molecule has 2 aromatic carbocycles. The van der Waals surface area contributed by atoms with Gasteiger partial charge in [-0.2, -0.15) is 0 Å². The zero-order chi connectivity index (χ0) is 16.4. The minimum atomic E-state index is -3.79. The number of benzene rings is 2. The lowest BCUT2D eigenvalue weighted by Gasteiger charge is -2.12. The molecule has 0 aromatic heterocycles. The second-order valence-corrected chi connectivity index (χ2v) is 7.47. The number of amides is 1. The summed E-state index contributed by atoms with van der Waals surface area (Å²) in [6.45, 7) is 0. The van der Waals surface area contributed by atoms with Crippen LogP contribution in [0.5, 0.6) is 0 Å². The van der Waals surface area contributed by atoms with E-state index in [0.29, 0.717) is 10.6 Å². The van der Waals surface area contributed by atoms with Crippen LogP contribution < -0.4 is 10.0 Å². The van der Waals surface area contributed by atoms with Gasteiger partial charge in [0.25, 0.3) is 15.9 Å². The molecule has 0 aliphatic heterocycles. The number of para-hydroxylation sites is 1. The van der Waals surface area contributed by atoms with Crippen molar-refractivity contribution in [1.29, 1.82) is 0 Å². The van der Waals surface area contributed by atoms with E-state index in [1.54, 1.807) is 24.3 Å². The van der Waals surface area contributed by atoms with Gasteiger partial charge in [-0.25, -0.2) is 8.42 Å². The van der Waals surface area contributed by atoms with Crippen molar-refractivity contribution in [3.63, 3.8) is 0 Å². The van der Waals surface area contributed by atoms with Gasteiger partial charge in [-0.05, 0) is 49.2 Å². The molecule has 1 aliphatic rings. The van der Waals surface area contributed by atoms with Crippen molar-refractivity contribution in [1.82, 2.24) is 5.32 Å². The van der Waals surface area contributed by atoms with Crippen LogP contribution in [0.1, 0.15) is 23.2 Å². The first-order valence-electron chi connectivity index (χ1n) is 7.14. The summed E-state index contributed by atoms with van der Waals surface area (Å²) in [6.07, 6.45) is 1.93. The van der Waals surface area contributed by atoms with Crippen molar-refractivity contribution in [3.05, 3.63) is 59.1 Å². The van der Waals surface area contributed by atoms with Gasteiger partial charge in [0.1, 0.15) is 0 Å². The topological polar surface area (TPSA) is 75.3 Å². The smallest absolute Gasteiger partial charge is 0.261 e. The summed E-state index contributed by atoms with van der Waals surface area (Å²) in [7, 11) is -3.79. The largest absolute Gasteiger partial charge is 0.349 e. The maximum absolute atomic E-state index is 12.4. The summed E-state index contributed by atoms with van der Waals surface area (Å²) in [5, 5.41) is 3.30. The molecule has 120 valence electrons. The highest BCUT2D eigenvalue weighted by Gasteiger charge is 2.25. The summed E-state index contributed by atoms with van der Waals surface area (Å²) in [5.74, 6) is -0.276. The molecule has 0 bridgehead atoms. The first-order valence-corrected chi connectivity index (χ1v) is 9.00. The van der Waals surface area contributed by atoms with E-state index in [9.17, 15) is 13.2 Å². The Labute approximate surface area is 139 Å². The van der Waals surface area contributed by atoms with Crippen LogP contribution >= 0.6 is 11.6 Å². The van der Waals surface area contributed by atoms with Gasteiger partial charge in [0.15, 0.2) is 0 Å². The number of halogens is 1. The monoisotopic (exact) mass is 350 g/mol. The second-order valence-electron chi connectivity index (χ2n) is 5.35. The molecule has 1 saturated carbocycles. The lowest BCUT2D eigenvalue weighted by atomic mass is 10.1. The Morgan fingerprint density at radius 2 is 1.70 bits per heavy atom. The molecule has 3 rings (SSSR count). The predicted octanol–water partition coefficient (Wildman–Crippen LogP) is 3.03. The second kappa shape index (κ2) is 6.22. The number of carbonyl (C=O) groups excluding carboxylic acids is 1. The number of nitrogens with one attached hydrogen (secondary N) is 2. The highest BCUT2D eigenvalue weighted by molar-refractivity contribution is 7.92. The minimum absolute atomic E-state index is 0.0827. The minimum Gasteiger partial charge on any atom is -0.349 e. The van der Waals surface area contributed by atoms with Gasteiger partial charge in [-0.15, -0.1) is 0 Å². The highest BCUT2D eigenvalue weighted by Crippen LogP contribution is 2.23. The fourth-order valence-electron chi connectivity index (χ4n) is 2.08. The van der Waals surface area contributed by atoms with Crippen molar-refractivity contribution < 1.29 is 13.2 Å². The van der Waals surface area contributed by atoms with Crippen LogP contribution in [-0.4, -0.2) is 20.4 Å². The van der Waals surface area contributed by atoms with Crippen molar-refractivity contribution in [2.75, 3.05) is 4.72 Å². The molecule has 1 fully saturated rings. The van der Waals surface area contributed by atoms with Crippen LogP contribution in [0.25, 0.3) is 0 Å². The molecule has 1 amide bonds. The maximum Gasteiger partial charge on any atom is 0.261 e. The molecule has 0 spiro atoms. The summed E-state index contributed by atoms with van der Waals surface area (Å²) >= 11 is 5.77. The Hall–Kier alpha value is -2.05. The average Bonchev–Trinajstić information content (AvgIpc) is 3.31. The molecule has 5 nitrogen and oxygen atoms in total. The van der Waals surface area contributed by atoms with E-state index in [0.717, 1.165) is 12.8 Å². The quantitative estimate of drug-likeness (QED) is 0.870. The van der Waals surface area contributed by atoms with Crippen molar-refractivity contribution in [2.45, 2.75) is 23.8 Å². The van der Waals surface area contributed by atoms with Gasteiger partial charge >= 0.3 is 0 Å². The fourth-order valence-corrected chi connectivity index (χ4v) is 3.28. The number of hydrogen-bond acceptors (Lipinski definition) is 3. The third-order valence-corrected chi connectivity index (χ3v) is 5.09. The Balaban J connectivity index is 1.87. The molecule has 0 atom stereocenters. The third kappa shape index (κ3) is 3.83. The Morgan fingerprint density at radius 3 is 2.35 bits per heavy atom. The Bertz CT molecular complexity index is 831. The van der Waals surface area contributed by atoms with Crippen molar-refractivity contribution in [3.8, 4) is 0 Å². The molecular formula is C16H15ClN2O3S. The van der Waals surface area contributed by atoms with Crippen LogP contribution in [-0.2, 0) is 10.0 Å². The molecule has 7 heteroatoms. The maximum atomic E-state index is 12.4. The molecule has 23 heavy (non-hydrogen) atoms. The summed E-state index contributed by atoms with van der Waals surface area (Å²) in [4.78, 5) is 12.3. The first-order chi connectivity index (χ1) is 11.0. The normalized spacial score (nSPS) is 14.3. The third-order valence-electron chi connectivity index (χ3n) is 3.45. The lowest BCUT2D eigenvalue weighted by Crippen LogP contribution is -2.27. The molecule has 0 heterocycles. The van der Waals surface area contributed by atoms with Gasteiger partial charge < -0.3 is 5.32 Å². The predicted molar refractivity (Wildman–Crippen MR) is 89.2 cm³/mol. The fraction of sp³-hybridized carbons (Fsp3) is 0.188. The molecule has 0 saturated heterocycles. The standard InChI is InChI=1S/C16H15ClN2O3S/c17-11-5-9-13(10-6-11)23(21,22)19-15-4-2-1-3-14(15)16(20)18-12-7-8-12/h1-6,9-10,12,19H,7-8H2,(H,18,20). The van der Waals surface area contributed by atoms with E-state index in [4.69, 9.17) is 11.6 Å². The van der Waals surface area contributed by atoms with Crippen LogP contribution in [0.4, 0.5) is 5.69 Å². The number of anilines is 1. The van der Waals surface area contributed by atoms with Gasteiger partial charge in [0.05, 0.1) is 16.1 Å². The number of hydrogen-bond donors (Lipinski definition) is 2. The van der Waals surface area contributed by atoms with Gasteiger partial charge in [-0.1, -0.05) is 23.7 Å². The molecular weight excluding hydrogens is 336 g/mol. The van der Waals surface area contributed by atoms with Gasteiger partial charge in [0, 0.05) is 11.1 Å². The molecule has 0 unspecified atom stereocenters. The lowest BCUT2D eigenvalue weighted by molar-refractivity contribution is 0.0952. The summed E-state index contributed by atoms with van der Waals surface area (Å²) < 4.78 is 27.3. The Kier molecular flexibility index (Phi) is 4.28. The summed E-state index contributed by atoms with van der Waals surface area (Å²) in [6, 6.07) is 12.6. The van der Waals surface area contributed by atoms with Crippen LogP contribution in [0.15, 0.2) is 53.4 Å². The molecule has 2 aromatic rings. The van der Waals surface area contributed by atoms with Crippen molar-refractivity contribution >= 4 is 33.2 Å². The van der Waals surface area contributed by atoms with E-state index >= 15 is 0 Å². The van der Waals surface area contributed by atoms with Crippen LogP contribution in [0.2, 0.25) is 5.02 Å².